The van der Waals surface area contributed by atoms with E-state index in [-0.39, 0.29) is 37.0 Å². The van der Waals surface area contributed by atoms with Crippen LogP contribution in [0.1, 0.15) is 91.6 Å². The molecule has 0 radical (unpaired) electrons. The lowest BCUT2D eigenvalue weighted by Gasteiger charge is -2.19. The summed E-state index contributed by atoms with van der Waals surface area (Å²) in [5.41, 5.74) is 2.22. The fraction of sp³-hybridized carbons (Fsp3) is 0.545. The molecule has 2 aromatic rings. The molecule has 43 heavy (non-hydrogen) atoms. The first-order valence-corrected chi connectivity index (χ1v) is 15.0. The molecule has 0 aromatic heterocycles. The summed E-state index contributed by atoms with van der Waals surface area (Å²) in [6, 6.07) is 6.75. The molecule has 2 rings (SSSR count). The van der Waals surface area contributed by atoms with E-state index in [2.05, 4.69) is 0 Å². The van der Waals surface area contributed by atoms with Crippen LogP contribution in [-0.4, -0.2) is 74.0 Å². The largest absolute Gasteiger partial charge is 0.507 e. The molecule has 0 spiro atoms. The summed E-state index contributed by atoms with van der Waals surface area (Å²) < 4.78 is 29.0. The second kappa shape index (κ2) is 19.5. The number of rotatable bonds is 23. The molecule has 2 aromatic carbocycles. The Hall–Kier alpha value is -3.63. The first kappa shape index (κ1) is 35.6. The summed E-state index contributed by atoms with van der Waals surface area (Å²) >= 11 is 0. The summed E-state index contributed by atoms with van der Waals surface area (Å²) in [4.78, 5) is 34.8. The van der Waals surface area contributed by atoms with Gasteiger partial charge in [-0.2, -0.15) is 0 Å². The maximum atomic E-state index is 12.3. The van der Waals surface area contributed by atoms with Gasteiger partial charge in [0.15, 0.2) is 11.6 Å². The minimum Gasteiger partial charge on any atom is -0.507 e. The number of unbranched alkanes of at least 4 members (excludes halogenated alkanes) is 1. The van der Waals surface area contributed by atoms with Crippen molar-refractivity contribution < 1.29 is 48.3 Å². The molecule has 0 saturated heterocycles. The van der Waals surface area contributed by atoms with Crippen LogP contribution in [-0.2, 0) is 27.1 Å². The molecule has 0 atom stereocenters. The van der Waals surface area contributed by atoms with E-state index in [0.29, 0.717) is 92.7 Å². The van der Waals surface area contributed by atoms with E-state index in [1.165, 1.54) is 13.8 Å². The number of hydrogen-bond donors (Lipinski definition) is 2. The summed E-state index contributed by atoms with van der Waals surface area (Å²) in [6.07, 6.45) is 4.13. The number of benzene rings is 2. The number of carbonyl (C=O) groups excluding carboxylic acids is 2. The van der Waals surface area contributed by atoms with Crippen molar-refractivity contribution in [2.45, 2.75) is 72.6 Å². The van der Waals surface area contributed by atoms with Crippen molar-refractivity contribution in [2.75, 3.05) is 46.2 Å². The Morgan fingerprint density at radius 2 is 1.16 bits per heavy atom. The van der Waals surface area contributed by atoms with E-state index in [4.69, 9.17) is 28.8 Å². The lowest BCUT2D eigenvalue weighted by Crippen LogP contribution is -2.15. The highest BCUT2D eigenvalue weighted by Crippen LogP contribution is 2.35. The van der Waals surface area contributed by atoms with Crippen molar-refractivity contribution in [1.29, 1.82) is 0 Å². The third kappa shape index (κ3) is 11.9. The van der Waals surface area contributed by atoms with Gasteiger partial charge in [-0.05, 0) is 63.8 Å². The molecule has 0 unspecified atom stereocenters. The highest BCUT2D eigenvalue weighted by atomic mass is 16.6. The van der Waals surface area contributed by atoms with Gasteiger partial charge in [-0.15, -0.1) is 0 Å². The molecule has 238 valence electrons. The van der Waals surface area contributed by atoms with Gasteiger partial charge in [-0.1, -0.05) is 26.7 Å². The molecule has 0 saturated carbocycles. The van der Waals surface area contributed by atoms with E-state index in [0.717, 1.165) is 18.4 Å². The second-order valence-corrected chi connectivity index (χ2v) is 10.1. The molecule has 0 aliphatic heterocycles. The first-order valence-electron chi connectivity index (χ1n) is 15.0. The van der Waals surface area contributed by atoms with Crippen molar-refractivity contribution in [1.82, 2.24) is 0 Å². The third-order valence-corrected chi connectivity index (χ3v) is 6.59. The lowest BCUT2D eigenvalue weighted by atomic mass is 10.0. The lowest BCUT2D eigenvalue weighted by molar-refractivity contribution is -0.137. The molecule has 0 fully saturated rings. The Bertz CT molecular complexity index is 1190. The number of carboxylic acid groups (broad SMARTS) is 1. The maximum Gasteiger partial charge on any atom is 0.303 e. The SMILES string of the molecule is CCCc1c(OCCOCCOCCOc2c(C(C)=O)ccc(OCCCCC(=O)O)c2CCC)ccc(C(C)=O)c1O. The average Bonchev–Trinajstić information content (AvgIpc) is 2.96. The van der Waals surface area contributed by atoms with Crippen molar-refractivity contribution >= 4 is 17.5 Å². The molecule has 0 aliphatic carbocycles. The van der Waals surface area contributed by atoms with Crippen LogP contribution in [0.25, 0.3) is 0 Å². The van der Waals surface area contributed by atoms with Gasteiger partial charge in [-0.25, -0.2) is 0 Å². The number of phenolic OH excluding ortho intramolecular Hbond substituents is 1. The Morgan fingerprint density at radius 1 is 0.651 bits per heavy atom. The highest BCUT2D eigenvalue weighted by molar-refractivity contribution is 5.98. The minimum absolute atomic E-state index is 0.0205. The van der Waals surface area contributed by atoms with E-state index >= 15 is 0 Å². The first-order chi connectivity index (χ1) is 20.7. The number of carbonyl (C=O) groups is 3. The Balaban J connectivity index is 1.79. The van der Waals surface area contributed by atoms with E-state index < -0.39 is 5.97 Å². The fourth-order valence-electron chi connectivity index (χ4n) is 4.50. The Labute approximate surface area is 254 Å². The number of ketones is 2. The van der Waals surface area contributed by atoms with Crippen LogP contribution in [0.4, 0.5) is 0 Å². The monoisotopic (exact) mass is 602 g/mol. The number of carboxylic acids is 1. The van der Waals surface area contributed by atoms with Gasteiger partial charge in [0, 0.05) is 17.5 Å². The molecule has 0 bridgehead atoms. The summed E-state index contributed by atoms with van der Waals surface area (Å²) in [7, 11) is 0. The normalized spacial score (nSPS) is 10.9. The number of aromatic hydroxyl groups is 1. The zero-order chi connectivity index (χ0) is 31.6. The Morgan fingerprint density at radius 3 is 1.74 bits per heavy atom. The van der Waals surface area contributed by atoms with Crippen LogP contribution in [0.5, 0.6) is 23.0 Å². The number of Topliss-reactive ketones (excluding diaryl/α,β-unsaturated/α-hetero) is 2. The van der Waals surface area contributed by atoms with Gasteiger partial charge in [0.25, 0.3) is 0 Å². The van der Waals surface area contributed by atoms with Crippen LogP contribution in [0.15, 0.2) is 24.3 Å². The van der Waals surface area contributed by atoms with Gasteiger partial charge in [0.2, 0.25) is 0 Å². The average molecular weight is 603 g/mol. The molecule has 0 amide bonds. The molecule has 10 heteroatoms. The van der Waals surface area contributed by atoms with Gasteiger partial charge in [-0.3, -0.25) is 14.4 Å². The van der Waals surface area contributed by atoms with Crippen molar-refractivity contribution in [3.8, 4) is 23.0 Å². The number of phenols is 1. The third-order valence-electron chi connectivity index (χ3n) is 6.59. The number of ether oxygens (including phenoxy) is 5. The van der Waals surface area contributed by atoms with Crippen LogP contribution in [0.2, 0.25) is 0 Å². The fourth-order valence-corrected chi connectivity index (χ4v) is 4.50. The van der Waals surface area contributed by atoms with Crippen LogP contribution in [0, 0.1) is 0 Å². The summed E-state index contributed by atoms with van der Waals surface area (Å²) in [6.45, 7) is 9.17. The molecule has 10 nitrogen and oxygen atoms in total. The topological polar surface area (TPSA) is 138 Å². The summed E-state index contributed by atoms with van der Waals surface area (Å²) in [5.74, 6) is 0.533. The second-order valence-electron chi connectivity index (χ2n) is 10.1. The van der Waals surface area contributed by atoms with Gasteiger partial charge >= 0.3 is 5.97 Å². The maximum absolute atomic E-state index is 12.3. The van der Waals surface area contributed by atoms with Crippen LogP contribution in [0.3, 0.4) is 0 Å². The number of hydrogen-bond acceptors (Lipinski definition) is 9. The van der Waals surface area contributed by atoms with Crippen molar-refractivity contribution in [2.24, 2.45) is 0 Å². The van der Waals surface area contributed by atoms with Crippen LogP contribution >= 0.6 is 0 Å². The van der Waals surface area contributed by atoms with E-state index in [1.54, 1.807) is 24.3 Å². The molecule has 2 N–H and O–H groups in total. The standard InChI is InChI=1S/C33H46O10/c1-5-9-27-29(14-12-25(23(3)34)32(27)38)42-21-19-39-17-18-40-20-22-43-33-26(24(4)35)13-15-30(28(33)10-6-2)41-16-8-7-11-31(36)37/h12-15,38H,5-11,16-22H2,1-4H3,(H,36,37). The van der Waals surface area contributed by atoms with E-state index in [9.17, 15) is 19.5 Å². The minimum atomic E-state index is -0.826. The smallest absolute Gasteiger partial charge is 0.303 e. The Kier molecular flexibility index (Phi) is 16.2. The van der Waals surface area contributed by atoms with Gasteiger partial charge in [0.1, 0.15) is 36.2 Å². The quantitative estimate of drug-likeness (QED) is 0.118. The van der Waals surface area contributed by atoms with Crippen molar-refractivity contribution in [3.05, 3.63) is 46.5 Å². The molecular weight excluding hydrogens is 556 g/mol. The predicted octanol–water partition coefficient (Wildman–Crippen LogP) is 5.83. The zero-order valence-electron chi connectivity index (χ0n) is 25.9. The van der Waals surface area contributed by atoms with Gasteiger partial charge < -0.3 is 33.9 Å². The predicted molar refractivity (Wildman–Crippen MR) is 162 cm³/mol. The molecule has 0 aliphatic rings. The van der Waals surface area contributed by atoms with Crippen LogP contribution < -0.4 is 14.2 Å². The molecule has 0 heterocycles. The van der Waals surface area contributed by atoms with Gasteiger partial charge in [0.05, 0.1) is 44.2 Å². The summed E-state index contributed by atoms with van der Waals surface area (Å²) in [5, 5.41) is 19.3. The molecular formula is C33H46O10. The zero-order valence-corrected chi connectivity index (χ0v) is 25.9. The number of aliphatic carboxylic acids is 1. The van der Waals surface area contributed by atoms with E-state index in [1.807, 2.05) is 13.8 Å². The van der Waals surface area contributed by atoms with Crippen molar-refractivity contribution in [3.63, 3.8) is 0 Å². The highest BCUT2D eigenvalue weighted by Gasteiger charge is 2.19.